The third-order valence-electron chi connectivity index (χ3n) is 3.56. The van der Waals surface area contributed by atoms with Crippen molar-refractivity contribution in [3.63, 3.8) is 0 Å². The summed E-state index contributed by atoms with van der Waals surface area (Å²) in [5.74, 6) is -0.683. The van der Waals surface area contributed by atoms with E-state index < -0.39 is 6.61 Å². The van der Waals surface area contributed by atoms with E-state index in [1.807, 2.05) is 0 Å². The largest absolute Gasteiger partial charge is 0.493 e. The fourth-order valence-corrected chi connectivity index (χ4v) is 2.24. The van der Waals surface area contributed by atoms with Gasteiger partial charge in [-0.2, -0.15) is 8.78 Å². The van der Waals surface area contributed by atoms with Gasteiger partial charge in [0.05, 0.1) is 7.11 Å². The number of hydrogen-bond acceptors (Lipinski definition) is 3. The van der Waals surface area contributed by atoms with Gasteiger partial charge in [0, 0.05) is 25.2 Å². The minimum absolute atomic E-state index is 0.0948. The van der Waals surface area contributed by atoms with Gasteiger partial charge in [-0.25, -0.2) is 4.39 Å². The molecule has 2 aromatic rings. The van der Waals surface area contributed by atoms with E-state index in [-0.39, 0.29) is 29.8 Å². The molecule has 0 saturated carbocycles. The van der Waals surface area contributed by atoms with Gasteiger partial charge in [0.1, 0.15) is 5.82 Å². The Morgan fingerprint density at radius 1 is 1.19 bits per heavy atom. The van der Waals surface area contributed by atoms with Crippen molar-refractivity contribution in [2.75, 3.05) is 14.2 Å². The molecule has 0 aliphatic rings. The average molecular weight is 365 g/mol. The van der Waals surface area contributed by atoms with Crippen molar-refractivity contribution in [3.8, 4) is 11.5 Å². The molecule has 0 atom stereocenters. The molecule has 0 aromatic heterocycles. The minimum atomic E-state index is -2.96. The zero-order chi connectivity index (χ0) is 19.1. The second-order valence-corrected chi connectivity index (χ2v) is 5.41. The molecule has 0 aliphatic heterocycles. The van der Waals surface area contributed by atoms with Crippen LogP contribution in [0.15, 0.2) is 48.5 Å². The molecule has 7 heteroatoms. The van der Waals surface area contributed by atoms with Crippen LogP contribution in [-0.2, 0) is 11.3 Å². The van der Waals surface area contributed by atoms with E-state index in [1.165, 1.54) is 48.4 Å². The number of carbonyl (C=O) groups excluding carboxylic acids is 1. The Kier molecular flexibility index (Phi) is 6.66. The predicted molar refractivity (Wildman–Crippen MR) is 91.5 cm³/mol. The fourth-order valence-electron chi connectivity index (χ4n) is 2.24. The lowest BCUT2D eigenvalue weighted by molar-refractivity contribution is -0.125. The Balaban J connectivity index is 2.06. The molecule has 0 radical (unpaired) electrons. The summed E-state index contributed by atoms with van der Waals surface area (Å²) in [6, 6.07) is 10.5. The van der Waals surface area contributed by atoms with Crippen LogP contribution in [0.3, 0.4) is 0 Å². The zero-order valence-corrected chi connectivity index (χ0v) is 14.3. The van der Waals surface area contributed by atoms with Crippen molar-refractivity contribution in [1.29, 1.82) is 0 Å². The number of alkyl halides is 2. The van der Waals surface area contributed by atoms with Crippen molar-refractivity contribution in [2.45, 2.75) is 13.2 Å². The molecule has 0 aliphatic carbocycles. The first-order valence-electron chi connectivity index (χ1n) is 7.70. The molecule has 0 fully saturated rings. The standard InChI is InChI=1S/C19H18F3NO3/c1-23(12-14-5-3-4-6-15(14)20)18(24)10-8-13-7-9-16(26-19(21)22)17(11-13)25-2/h3-11,19H,12H2,1-2H3/b10-8+. The van der Waals surface area contributed by atoms with Crippen LogP contribution in [0.4, 0.5) is 13.2 Å². The summed E-state index contributed by atoms with van der Waals surface area (Å²) in [6.45, 7) is -2.83. The fraction of sp³-hybridized carbons (Fsp3) is 0.211. The van der Waals surface area contributed by atoms with E-state index in [1.54, 1.807) is 25.2 Å². The summed E-state index contributed by atoms with van der Waals surface area (Å²) in [5, 5.41) is 0. The zero-order valence-electron chi connectivity index (χ0n) is 14.3. The summed E-state index contributed by atoms with van der Waals surface area (Å²) in [7, 11) is 2.88. The van der Waals surface area contributed by atoms with Crippen molar-refractivity contribution in [3.05, 3.63) is 65.5 Å². The molecule has 138 valence electrons. The maximum atomic E-state index is 13.6. The number of amides is 1. The third-order valence-corrected chi connectivity index (χ3v) is 3.56. The normalized spacial score (nSPS) is 11.0. The molecule has 2 aromatic carbocycles. The molecule has 2 rings (SSSR count). The summed E-state index contributed by atoms with van der Waals surface area (Å²) in [4.78, 5) is 13.5. The molecule has 0 spiro atoms. The van der Waals surface area contributed by atoms with Gasteiger partial charge in [0.25, 0.3) is 0 Å². The quantitative estimate of drug-likeness (QED) is 0.693. The first-order chi connectivity index (χ1) is 12.4. The predicted octanol–water partition coefficient (Wildman–Crippen LogP) is 4.11. The third kappa shape index (κ3) is 5.27. The maximum absolute atomic E-state index is 13.6. The SMILES string of the molecule is COc1cc(/C=C/C(=O)N(C)Cc2ccccc2F)ccc1OC(F)F. The number of methoxy groups -OCH3 is 1. The number of likely N-dealkylation sites (N-methyl/N-ethyl adjacent to an activating group) is 1. The van der Waals surface area contributed by atoms with E-state index in [2.05, 4.69) is 4.74 Å². The van der Waals surface area contributed by atoms with E-state index in [0.29, 0.717) is 11.1 Å². The van der Waals surface area contributed by atoms with Gasteiger partial charge in [-0.05, 0) is 29.8 Å². The Morgan fingerprint density at radius 2 is 1.92 bits per heavy atom. The first-order valence-corrected chi connectivity index (χ1v) is 7.70. The number of halogens is 3. The van der Waals surface area contributed by atoms with Crippen molar-refractivity contribution in [2.24, 2.45) is 0 Å². The Bertz CT molecular complexity index is 793. The lowest BCUT2D eigenvalue weighted by Gasteiger charge is -2.15. The van der Waals surface area contributed by atoms with E-state index >= 15 is 0 Å². The molecule has 0 bridgehead atoms. The Labute approximate surface area is 149 Å². The van der Waals surface area contributed by atoms with Gasteiger partial charge in [0.2, 0.25) is 5.91 Å². The number of rotatable bonds is 7. The van der Waals surface area contributed by atoms with Crippen LogP contribution in [0, 0.1) is 5.82 Å². The van der Waals surface area contributed by atoms with E-state index in [9.17, 15) is 18.0 Å². The summed E-state index contributed by atoms with van der Waals surface area (Å²) in [5.41, 5.74) is 0.975. The van der Waals surface area contributed by atoms with Crippen LogP contribution in [0.2, 0.25) is 0 Å². The van der Waals surface area contributed by atoms with Crippen molar-refractivity contribution < 1.29 is 27.4 Å². The van der Waals surface area contributed by atoms with Crippen LogP contribution in [-0.4, -0.2) is 31.6 Å². The van der Waals surface area contributed by atoms with Crippen LogP contribution in [0.25, 0.3) is 6.08 Å². The van der Waals surface area contributed by atoms with Gasteiger partial charge in [-0.1, -0.05) is 24.3 Å². The average Bonchev–Trinajstić information content (AvgIpc) is 2.61. The molecule has 4 nitrogen and oxygen atoms in total. The van der Waals surface area contributed by atoms with Gasteiger partial charge in [-0.3, -0.25) is 4.79 Å². The molecular weight excluding hydrogens is 347 g/mol. The van der Waals surface area contributed by atoms with E-state index in [0.717, 1.165) is 0 Å². The van der Waals surface area contributed by atoms with Crippen molar-refractivity contribution >= 4 is 12.0 Å². The van der Waals surface area contributed by atoms with Crippen LogP contribution < -0.4 is 9.47 Å². The second-order valence-electron chi connectivity index (χ2n) is 5.41. The molecule has 1 amide bonds. The molecule has 0 saturated heterocycles. The highest BCUT2D eigenvalue weighted by Gasteiger charge is 2.11. The molecule has 0 heterocycles. The van der Waals surface area contributed by atoms with E-state index in [4.69, 9.17) is 4.74 Å². The summed E-state index contributed by atoms with van der Waals surface area (Å²) >= 11 is 0. The van der Waals surface area contributed by atoms with Crippen LogP contribution in [0.5, 0.6) is 11.5 Å². The molecule has 26 heavy (non-hydrogen) atoms. The van der Waals surface area contributed by atoms with Gasteiger partial charge in [-0.15, -0.1) is 0 Å². The smallest absolute Gasteiger partial charge is 0.387 e. The number of carbonyl (C=O) groups is 1. The number of nitrogens with zero attached hydrogens (tertiary/aromatic N) is 1. The Morgan fingerprint density at radius 3 is 2.58 bits per heavy atom. The van der Waals surface area contributed by atoms with Crippen LogP contribution in [0.1, 0.15) is 11.1 Å². The Hall–Kier alpha value is -2.96. The van der Waals surface area contributed by atoms with Gasteiger partial charge >= 0.3 is 6.61 Å². The summed E-state index contributed by atoms with van der Waals surface area (Å²) < 4.78 is 47.6. The lowest BCUT2D eigenvalue weighted by atomic mass is 10.1. The minimum Gasteiger partial charge on any atom is -0.493 e. The summed E-state index contributed by atoms with van der Waals surface area (Å²) in [6.07, 6.45) is 2.82. The van der Waals surface area contributed by atoms with Gasteiger partial charge < -0.3 is 14.4 Å². The second kappa shape index (κ2) is 8.94. The molecular formula is C19H18F3NO3. The number of ether oxygens (including phenoxy) is 2. The maximum Gasteiger partial charge on any atom is 0.387 e. The topological polar surface area (TPSA) is 38.8 Å². The highest BCUT2D eigenvalue weighted by molar-refractivity contribution is 5.91. The molecule has 0 unspecified atom stereocenters. The first kappa shape index (κ1) is 19.4. The lowest BCUT2D eigenvalue weighted by Crippen LogP contribution is -2.24. The van der Waals surface area contributed by atoms with Crippen LogP contribution >= 0.6 is 0 Å². The van der Waals surface area contributed by atoms with Crippen molar-refractivity contribution in [1.82, 2.24) is 4.90 Å². The monoisotopic (exact) mass is 365 g/mol. The highest BCUT2D eigenvalue weighted by Crippen LogP contribution is 2.29. The number of hydrogen-bond donors (Lipinski definition) is 0. The van der Waals surface area contributed by atoms with Gasteiger partial charge in [0.15, 0.2) is 11.5 Å². The number of benzene rings is 2. The highest BCUT2D eigenvalue weighted by atomic mass is 19.3. The molecule has 0 N–H and O–H groups in total.